The maximum Gasteiger partial charge on any atom is 0.336 e. The predicted octanol–water partition coefficient (Wildman–Crippen LogP) is 2.13. The second-order valence-corrected chi connectivity index (χ2v) is 3.35. The second-order valence-electron chi connectivity index (χ2n) is 2.50. The third-order valence-electron chi connectivity index (χ3n) is 1.51. The van der Waals surface area contributed by atoms with Crippen LogP contribution >= 0.6 is 15.9 Å². The van der Waals surface area contributed by atoms with Gasteiger partial charge in [0.05, 0.1) is 5.56 Å². The van der Waals surface area contributed by atoms with Gasteiger partial charge in [0.15, 0.2) is 6.79 Å². The number of aromatic carboxylic acids is 1. The van der Waals surface area contributed by atoms with E-state index in [1.54, 1.807) is 12.1 Å². The molecule has 0 bridgehead atoms. The monoisotopic (exact) mass is 260 g/mol. The number of hydrogen-bond donors (Lipinski definition) is 1. The molecule has 0 radical (unpaired) electrons. The number of benzene rings is 1. The summed E-state index contributed by atoms with van der Waals surface area (Å²) >= 11 is 3.13. The van der Waals surface area contributed by atoms with E-state index in [9.17, 15) is 4.79 Å². The van der Waals surface area contributed by atoms with Gasteiger partial charge in [-0.1, -0.05) is 0 Å². The number of carboxylic acids is 1. The average molecular weight is 261 g/mol. The lowest BCUT2D eigenvalue weighted by Gasteiger charge is -2.06. The normalized spacial score (nSPS) is 9.86. The highest BCUT2D eigenvalue weighted by Crippen LogP contribution is 2.22. The largest absolute Gasteiger partial charge is 0.478 e. The molecule has 1 N–H and O–H groups in total. The predicted molar refractivity (Wildman–Crippen MR) is 53.6 cm³/mol. The summed E-state index contributed by atoms with van der Waals surface area (Å²) in [5.41, 5.74) is 0.165. The van der Waals surface area contributed by atoms with Crippen molar-refractivity contribution in [3.63, 3.8) is 0 Å². The highest BCUT2D eigenvalue weighted by atomic mass is 79.9. The fraction of sp³-hybridized carbons (Fsp3) is 0.222. The van der Waals surface area contributed by atoms with Crippen LogP contribution in [0.2, 0.25) is 0 Å². The van der Waals surface area contributed by atoms with Gasteiger partial charge in [-0.05, 0) is 34.1 Å². The standard InChI is InChI=1S/C9H9BrO4/c1-13-5-14-6-2-3-8(10)7(4-6)9(11)12/h2-4H,5H2,1H3,(H,11,12). The van der Waals surface area contributed by atoms with E-state index < -0.39 is 5.97 Å². The Balaban J connectivity index is 2.89. The molecule has 0 aliphatic rings. The number of halogens is 1. The molecule has 0 unspecified atom stereocenters. The van der Waals surface area contributed by atoms with Crippen molar-refractivity contribution in [2.24, 2.45) is 0 Å². The molecule has 76 valence electrons. The van der Waals surface area contributed by atoms with Gasteiger partial charge in [0, 0.05) is 11.6 Å². The Kier molecular flexibility index (Phi) is 3.91. The Bertz CT molecular complexity index is 338. The summed E-state index contributed by atoms with van der Waals surface area (Å²) in [6.45, 7) is 0.0979. The van der Waals surface area contributed by atoms with Gasteiger partial charge in [0.2, 0.25) is 0 Å². The first kappa shape index (κ1) is 11.0. The van der Waals surface area contributed by atoms with Crippen molar-refractivity contribution in [2.75, 3.05) is 13.9 Å². The van der Waals surface area contributed by atoms with E-state index in [0.29, 0.717) is 10.2 Å². The molecule has 0 fully saturated rings. The van der Waals surface area contributed by atoms with Crippen molar-refractivity contribution in [1.82, 2.24) is 0 Å². The summed E-state index contributed by atoms with van der Waals surface area (Å²) in [6.07, 6.45) is 0. The maximum atomic E-state index is 10.7. The van der Waals surface area contributed by atoms with Crippen LogP contribution in [0.4, 0.5) is 0 Å². The van der Waals surface area contributed by atoms with E-state index >= 15 is 0 Å². The van der Waals surface area contributed by atoms with Crippen molar-refractivity contribution in [3.8, 4) is 5.75 Å². The molecule has 4 nitrogen and oxygen atoms in total. The van der Waals surface area contributed by atoms with Gasteiger partial charge in [-0.25, -0.2) is 4.79 Å². The average Bonchev–Trinajstić information content (AvgIpc) is 2.16. The summed E-state index contributed by atoms with van der Waals surface area (Å²) in [6, 6.07) is 4.72. The van der Waals surface area contributed by atoms with Crippen LogP contribution in [0.15, 0.2) is 22.7 Å². The zero-order valence-corrected chi connectivity index (χ0v) is 9.08. The number of carbonyl (C=O) groups is 1. The van der Waals surface area contributed by atoms with Crippen LogP contribution in [-0.4, -0.2) is 25.0 Å². The molecule has 0 saturated carbocycles. The summed E-state index contributed by atoms with van der Waals surface area (Å²) in [5.74, 6) is -0.535. The minimum absolute atomic E-state index is 0.0979. The quantitative estimate of drug-likeness (QED) is 0.843. The van der Waals surface area contributed by atoms with E-state index in [1.165, 1.54) is 13.2 Å². The van der Waals surface area contributed by atoms with Gasteiger partial charge in [0.25, 0.3) is 0 Å². The minimum Gasteiger partial charge on any atom is -0.478 e. The lowest BCUT2D eigenvalue weighted by atomic mass is 10.2. The summed E-state index contributed by atoms with van der Waals surface area (Å²) in [7, 11) is 1.50. The molecule has 0 aliphatic heterocycles. The molecule has 5 heteroatoms. The highest BCUT2D eigenvalue weighted by molar-refractivity contribution is 9.10. The molecule has 0 saturated heterocycles. The molecule has 0 aromatic heterocycles. The molecule has 1 rings (SSSR count). The van der Waals surface area contributed by atoms with Crippen LogP contribution in [0.3, 0.4) is 0 Å². The molecule has 14 heavy (non-hydrogen) atoms. The molecule has 0 spiro atoms. The first-order valence-corrected chi connectivity index (χ1v) is 4.59. The molecular weight excluding hydrogens is 252 g/mol. The lowest BCUT2D eigenvalue weighted by molar-refractivity contribution is 0.0507. The van der Waals surface area contributed by atoms with Crippen LogP contribution in [-0.2, 0) is 4.74 Å². The van der Waals surface area contributed by atoms with E-state index in [4.69, 9.17) is 14.6 Å². The second kappa shape index (κ2) is 4.97. The summed E-state index contributed by atoms with van der Waals surface area (Å²) in [4.78, 5) is 10.7. The first-order valence-electron chi connectivity index (χ1n) is 3.79. The van der Waals surface area contributed by atoms with Crippen LogP contribution in [0.1, 0.15) is 10.4 Å². The van der Waals surface area contributed by atoms with E-state index in [-0.39, 0.29) is 12.4 Å². The zero-order chi connectivity index (χ0) is 10.6. The Morgan fingerprint density at radius 3 is 2.86 bits per heavy atom. The van der Waals surface area contributed by atoms with Crippen LogP contribution in [0.5, 0.6) is 5.75 Å². The Hall–Kier alpha value is -1.07. The lowest BCUT2D eigenvalue weighted by Crippen LogP contribution is -2.02. The third kappa shape index (κ3) is 2.71. The molecule has 0 atom stereocenters. The van der Waals surface area contributed by atoms with Crippen molar-refractivity contribution < 1.29 is 19.4 Å². The van der Waals surface area contributed by atoms with Crippen LogP contribution in [0.25, 0.3) is 0 Å². The SMILES string of the molecule is COCOc1ccc(Br)c(C(=O)O)c1. The van der Waals surface area contributed by atoms with Crippen molar-refractivity contribution in [1.29, 1.82) is 0 Å². The third-order valence-corrected chi connectivity index (χ3v) is 2.20. The fourth-order valence-electron chi connectivity index (χ4n) is 0.885. The molecule has 0 heterocycles. The van der Waals surface area contributed by atoms with Crippen molar-refractivity contribution >= 4 is 21.9 Å². The van der Waals surface area contributed by atoms with Crippen LogP contribution < -0.4 is 4.74 Å². The van der Waals surface area contributed by atoms with Gasteiger partial charge in [-0.2, -0.15) is 0 Å². The highest BCUT2D eigenvalue weighted by Gasteiger charge is 2.09. The van der Waals surface area contributed by atoms with Gasteiger partial charge >= 0.3 is 5.97 Å². The van der Waals surface area contributed by atoms with E-state index in [0.717, 1.165) is 0 Å². The fourth-order valence-corrected chi connectivity index (χ4v) is 1.30. The van der Waals surface area contributed by atoms with E-state index in [1.807, 2.05) is 0 Å². The number of ether oxygens (including phenoxy) is 2. The first-order chi connectivity index (χ1) is 6.65. The number of rotatable bonds is 4. The maximum absolute atomic E-state index is 10.7. The molecule has 1 aromatic carbocycles. The smallest absolute Gasteiger partial charge is 0.336 e. The number of hydrogen-bond acceptors (Lipinski definition) is 3. The molecule has 0 aliphatic carbocycles. The topological polar surface area (TPSA) is 55.8 Å². The zero-order valence-electron chi connectivity index (χ0n) is 7.49. The molecule has 0 amide bonds. The molecule has 1 aromatic rings. The van der Waals surface area contributed by atoms with E-state index in [2.05, 4.69) is 15.9 Å². The summed E-state index contributed by atoms with van der Waals surface area (Å²) in [5, 5.41) is 8.80. The van der Waals surface area contributed by atoms with Crippen molar-refractivity contribution in [2.45, 2.75) is 0 Å². The van der Waals surface area contributed by atoms with Gasteiger partial charge < -0.3 is 14.6 Å². The van der Waals surface area contributed by atoms with Crippen molar-refractivity contribution in [3.05, 3.63) is 28.2 Å². The van der Waals surface area contributed by atoms with Gasteiger partial charge in [0.1, 0.15) is 5.75 Å². The van der Waals surface area contributed by atoms with Gasteiger partial charge in [-0.3, -0.25) is 0 Å². The summed E-state index contributed by atoms with van der Waals surface area (Å²) < 4.78 is 10.3. The number of methoxy groups -OCH3 is 1. The Labute approximate surface area is 89.6 Å². The molecular formula is C9H9BrO4. The number of carboxylic acid groups (broad SMARTS) is 1. The Morgan fingerprint density at radius 1 is 1.57 bits per heavy atom. The van der Waals surface area contributed by atoms with Crippen LogP contribution in [0, 0.1) is 0 Å². The van der Waals surface area contributed by atoms with Gasteiger partial charge in [-0.15, -0.1) is 0 Å². The Morgan fingerprint density at radius 2 is 2.29 bits per heavy atom. The minimum atomic E-state index is -1.00.